The standard InChI is InChI=1S/C13H15N5O2/c19-12(8-20-7-9-1-2-9)14-11-5-3-10(4-6-11)13-15-17-18-16-13/h3-6,9H,1-2,7-8H2,(H,14,19)(H,15,16,17,18). The summed E-state index contributed by atoms with van der Waals surface area (Å²) in [5, 5.41) is 16.4. The number of aromatic nitrogens is 4. The summed E-state index contributed by atoms with van der Waals surface area (Å²) in [6, 6.07) is 7.24. The van der Waals surface area contributed by atoms with E-state index in [9.17, 15) is 4.79 Å². The molecule has 2 N–H and O–H groups in total. The van der Waals surface area contributed by atoms with E-state index in [-0.39, 0.29) is 12.5 Å². The molecule has 104 valence electrons. The number of H-pyrrole nitrogens is 1. The van der Waals surface area contributed by atoms with Crippen molar-refractivity contribution in [1.82, 2.24) is 20.6 Å². The van der Waals surface area contributed by atoms with Crippen molar-refractivity contribution in [3.63, 3.8) is 0 Å². The van der Waals surface area contributed by atoms with Crippen LogP contribution in [0.1, 0.15) is 12.8 Å². The molecule has 0 atom stereocenters. The molecule has 2 aromatic rings. The zero-order valence-corrected chi connectivity index (χ0v) is 10.9. The van der Waals surface area contributed by atoms with E-state index in [4.69, 9.17) is 4.74 Å². The van der Waals surface area contributed by atoms with Gasteiger partial charge in [-0.15, -0.1) is 10.2 Å². The summed E-state index contributed by atoms with van der Waals surface area (Å²) in [4.78, 5) is 11.7. The molecule has 7 heteroatoms. The van der Waals surface area contributed by atoms with Crippen LogP contribution in [0.15, 0.2) is 24.3 Å². The molecular weight excluding hydrogens is 258 g/mol. The second kappa shape index (κ2) is 5.79. The molecule has 0 bridgehead atoms. The van der Waals surface area contributed by atoms with E-state index in [1.165, 1.54) is 12.8 Å². The first kappa shape index (κ1) is 12.7. The lowest BCUT2D eigenvalue weighted by Gasteiger charge is -2.06. The Labute approximate surface area is 115 Å². The van der Waals surface area contributed by atoms with Gasteiger partial charge in [-0.25, -0.2) is 0 Å². The molecular formula is C13H15N5O2. The summed E-state index contributed by atoms with van der Waals surface area (Å²) in [5.74, 6) is 1.05. The van der Waals surface area contributed by atoms with E-state index in [1.807, 2.05) is 12.1 Å². The number of tetrazole rings is 1. The van der Waals surface area contributed by atoms with Gasteiger partial charge in [-0.1, -0.05) is 0 Å². The molecule has 1 aliphatic rings. The van der Waals surface area contributed by atoms with Crippen molar-refractivity contribution >= 4 is 11.6 Å². The Hall–Kier alpha value is -2.28. The maximum Gasteiger partial charge on any atom is 0.250 e. The molecule has 1 aliphatic carbocycles. The zero-order valence-electron chi connectivity index (χ0n) is 10.9. The van der Waals surface area contributed by atoms with Gasteiger partial charge in [0.05, 0.1) is 6.61 Å². The highest BCUT2D eigenvalue weighted by molar-refractivity contribution is 5.91. The molecule has 0 spiro atoms. The SMILES string of the molecule is O=C(COCC1CC1)Nc1ccc(-c2nn[nH]n2)cc1. The van der Waals surface area contributed by atoms with E-state index in [2.05, 4.69) is 25.9 Å². The molecule has 1 amide bonds. The monoisotopic (exact) mass is 273 g/mol. The lowest BCUT2D eigenvalue weighted by molar-refractivity contribution is -0.120. The van der Waals surface area contributed by atoms with Gasteiger partial charge in [-0.2, -0.15) is 5.21 Å². The number of carbonyl (C=O) groups excluding carboxylic acids is 1. The van der Waals surface area contributed by atoms with Crippen LogP contribution in [0.25, 0.3) is 11.4 Å². The first-order valence-corrected chi connectivity index (χ1v) is 6.53. The number of carbonyl (C=O) groups is 1. The number of hydrogen-bond donors (Lipinski definition) is 2. The van der Waals surface area contributed by atoms with Crippen LogP contribution in [0.4, 0.5) is 5.69 Å². The third kappa shape index (κ3) is 3.39. The van der Waals surface area contributed by atoms with Crippen LogP contribution in [-0.2, 0) is 9.53 Å². The predicted octanol–water partition coefficient (Wildman–Crippen LogP) is 1.23. The Kier molecular flexibility index (Phi) is 3.69. The van der Waals surface area contributed by atoms with Gasteiger partial charge < -0.3 is 10.1 Å². The number of nitrogens with zero attached hydrogens (tertiary/aromatic N) is 3. The van der Waals surface area contributed by atoms with Gasteiger partial charge in [0.25, 0.3) is 0 Å². The minimum absolute atomic E-state index is 0.100. The number of hydrogen-bond acceptors (Lipinski definition) is 5. The van der Waals surface area contributed by atoms with Crippen molar-refractivity contribution in [3.8, 4) is 11.4 Å². The van der Waals surface area contributed by atoms with Gasteiger partial charge in [0.2, 0.25) is 11.7 Å². The van der Waals surface area contributed by atoms with Crippen molar-refractivity contribution in [2.24, 2.45) is 5.92 Å². The van der Waals surface area contributed by atoms with E-state index in [0.717, 1.165) is 11.3 Å². The maximum atomic E-state index is 11.7. The average Bonchev–Trinajstić information content (AvgIpc) is 3.11. The van der Waals surface area contributed by atoms with Crippen LogP contribution in [0, 0.1) is 5.92 Å². The fourth-order valence-electron chi connectivity index (χ4n) is 1.79. The highest BCUT2D eigenvalue weighted by atomic mass is 16.5. The minimum atomic E-state index is -0.141. The lowest BCUT2D eigenvalue weighted by Crippen LogP contribution is -2.18. The molecule has 20 heavy (non-hydrogen) atoms. The van der Waals surface area contributed by atoms with Crippen molar-refractivity contribution in [3.05, 3.63) is 24.3 Å². The maximum absolute atomic E-state index is 11.7. The fourth-order valence-corrected chi connectivity index (χ4v) is 1.79. The van der Waals surface area contributed by atoms with E-state index in [0.29, 0.717) is 18.3 Å². The smallest absolute Gasteiger partial charge is 0.250 e. The number of anilines is 1. The molecule has 1 aromatic heterocycles. The Bertz CT molecular complexity index is 563. The third-order valence-corrected chi connectivity index (χ3v) is 3.06. The van der Waals surface area contributed by atoms with Crippen molar-refractivity contribution < 1.29 is 9.53 Å². The minimum Gasteiger partial charge on any atom is -0.371 e. The zero-order chi connectivity index (χ0) is 13.8. The van der Waals surface area contributed by atoms with Crippen LogP contribution in [0.3, 0.4) is 0 Å². The van der Waals surface area contributed by atoms with Crippen molar-refractivity contribution in [1.29, 1.82) is 0 Å². The largest absolute Gasteiger partial charge is 0.371 e. The van der Waals surface area contributed by atoms with Crippen LogP contribution >= 0.6 is 0 Å². The second-order valence-corrected chi connectivity index (χ2v) is 4.82. The summed E-state index contributed by atoms with van der Waals surface area (Å²) in [6.45, 7) is 0.785. The third-order valence-electron chi connectivity index (χ3n) is 3.06. The average molecular weight is 273 g/mol. The van der Waals surface area contributed by atoms with Gasteiger partial charge >= 0.3 is 0 Å². The number of ether oxygens (including phenoxy) is 1. The number of aromatic amines is 1. The highest BCUT2D eigenvalue weighted by Gasteiger charge is 2.21. The molecule has 1 saturated carbocycles. The van der Waals surface area contributed by atoms with Gasteiger partial charge in [0, 0.05) is 11.3 Å². The molecule has 0 saturated heterocycles. The van der Waals surface area contributed by atoms with E-state index >= 15 is 0 Å². The van der Waals surface area contributed by atoms with Gasteiger partial charge in [-0.3, -0.25) is 4.79 Å². The Morgan fingerprint density at radius 2 is 2.15 bits per heavy atom. The van der Waals surface area contributed by atoms with E-state index < -0.39 is 0 Å². The summed E-state index contributed by atoms with van der Waals surface area (Å²) >= 11 is 0. The quantitative estimate of drug-likeness (QED) is 0.825. The first-order chi connectivity index (χ1) is 9.81. The van der Waals surface area contributed by atoms with E-state index in [1.54, 1.807) is 12.1 Å². The van der Waals surface area contributed by atoms with Gasteiger partial charge in [0.1, 0.15) is 6.61 Å². The number of nitrogens with one attached hydrogen (secondary N) is 2. The molecule has 3 rings (SSSR count). The molecule has 1 aromatic carbocycles. The van der Waals surface area contributed by atoms with Gasteiger partial charge in [0.15, 0.2) is 0 Å². The molecule has 0 radical (unpaired) electrons. The summed E-state index contributed by atoms with van der Waals surface area (Å²) in [7, 11) is 0. The second-order valence-electron chi connectivity index (χ2n) is 4.82. The molecule has 0 aliphatic heterocycles. The van der Waals surface area contributed by atoms with Crippen molar-refractivity contribution in [2.75, 3.05) is 18.5 Å². The lowest BCUT2D eigenvalue weighted by atomic mass is 10.2. The number of benzene rings is 1. The van der Waals surface area contributed by atoms with Gasteiger partial charge in [-0.05, 0) is 48.2 Å². The van der Waals surface area contributed by atoms with Crippen LogP contribution in [-0.4, -0.2) is 39.7 Å². The summed E-state index contributed by atoms with van der Waals surface area (Å²) in [6.07, 6.45) is 2.44. The highest BCUT2D eigenvalue weighted by Crippen LogP contribution is 2.28. The fraction of sp³-hybridized carbons (Fsp3) is 0.385. The van der Waals surface area contributed by atoms with Crippen LogP contribution in [0.5, 0.6) is 0 Å². The van der Waals surface area contributed by atoms with Crippen LogP contribution < -0.4 is 5.32 Å². The molecule has 7 nitrogen and oxygen atoms in total. The Morgan fingerprint density at radius 1 is 1.35 bits per heavy atom. The molecule has 1 heterocycles. The first-order valence-electron chi connectivity index (χ1n) is 6.53. The Balaban J connectivity index is 1.50. The Morgan fingerprint density at radius 3 is 2.80 bits per heavy atom. The summed E-state index contributed by atoms with van der Waals surface area (Å²) < 4.78 is 5.33. The number of rotatable bonds is 6. The predicted molar refractivity (Wildman–Crippen MR) is 71.8 cm³/mol. The normalized spacial score (nSPS) is 14.2. The molecule has 0 unspecified atom stereocenters. The van der Waals surface area contributed by atoms with Crippen molar-refractivity contribution in [2.45, 2.75) is 12.8 Å². The number of amides is 1. The topological polar surface area (TPSA) is 92.8 Å². The summed E-state index contributed by atoms with van der Waals surface area (Å²) in [5.41, 5.74) is 1.55. The van der Waals surface area contributed by atoms with Crippen LogP contribution in [0.2, 0.25) is 0 Å². The molecule has 1 fully saturated rings.